The van der Waals surface area contributed by atoms with Crippen LogP contribution in [0.5, 0.6) is 0 Å². The quantitative estimate of drug-likeness (QED) is 0.758. The predicted molar refractivity (Wildman–Crippen MR) is 95.7 cm³/mol. The van der Waals surface area contributed by atoms with Gasteiger partial charge in [0.15, 0.2) is 0 Å². The van der Waals surface area contributed by atoms with Gasteiger partial charge in [0.2, 0.25) is 5.13 Å². The zero-order chi connectivity index (χ0) is 16.9. The highest BCUT2D eigenvalue weighted by molar-refractivity contribution is 7.09. The molecule has 0 aliphatic carbocycles. The van der Waals surface area contributed by atoms with Crippen LogP contribution in [0, 0.1) is 5.92 Å². The molecule has 0 radical (unpaired) electrons. The van der Waals surface area contributed by atoms with Crippen molar-refractivity contribution in [2.24, 2.45) is 5.92 Å². The van der Waals surface area contributed by atoms with Crippen molar-refractivity contribution in [1.29, 1.82) is 0 Å². The van der Waals surface area contributed by atoms with E-state index in [1.165, 1.54) is 11.5 Å². The Hall–Kier alpha value is -1.66. The minimum absolute atomic E-state index is 0.0673. The molecule has 24 heavy (non-hydrogen) atoms. The number of anilines is 1. The van der Waals surface area contributed by atoms with Gasteiger partial charge in [0.25, 0.3) is 0 Å². The van der Waals surface area contributed by atoms with Gasteiger partial charge >= 0.3 is 5.97 Å². The van der Waals surface area contributed by atoms with E-state index in [0.29, 0.717) is 19.6 Å². The number of aromatic nitrogens is 2. The maximum atomic E-state index is 12.0. The van der Waals surface area contributed by atoms with Gasteiger partial charge in [-0.05, 0) is 37.5 Å². The smallest absolute Gasteiger partial charge is 0.310 e. The second kappa shape index (κ2) is 7.94. The first kappa shape index (κ1) is 17.2. The van der Waals surface area contributed by atoms with Crippen molar-refractivity contribution in [1.82, 2.24) is 9.36 Å². The average Bonchev–Trinajstić information content (AvgIpc) is 3.06. The van der Waals surface area contributed by atoms with E-state index >= 15 is 0 Å². The average molecular weight is 366 g/mol. The zero-order valence-corrected chi connectivity index (χ0v) is 15.1. The van der Waals surface area contributed by atoms with Crippen molar-refractivity contribution >= 4 is 34.2 Å². The van der Waals surface area contributed by atoms with Crippen molar-refractivity contribution in [3.63, 3.8) is 0 Å². The standard InChI is InChI=1S/C17H20ClN3O2S/c1-2-23-16(22)13-4-3-9-21(11-13)17-19-15(20-24-17)10-12-5-7-14(18)8-6-12/h5-8,13H,2-4,9-11H2,1H3. The van der Waals surface area contributed by atoms with Gasteiger partial charge in [-0.2, -0.15) is 4.37 Å². The lowest BCUT2D eigenvalue weighted by molar-refractivity contribution is -0.148. The van der Waals surface area contributed by atoms with E-state index in [0.717, 1.165) is 40.9 Å². The number of nitrogens with zero attached hydrogens (tertiary/aromatic N) is 3. The lowest BCUT2D eigenvalue weighted by Gasteiger charge is -2.30. The molecule has 0 spiro atoms. The Kier molecular flexibility index (Phi) is 5.68. The summed E-state index contributed by atoms with van der Waals surface area (Å²) in [6.45, 7) is 3.84. The number of hydrogen-bond acceptors (Lipinski definition) is 6. The first-order valence-electron chi connectivity index (χ1n) is 8.14. The summed E-state index contributed by atoms with van der Waals surface area (Å²) in [7, 11) is 0. The van der Waals surface area contributed by atoms with Gasteiger partial charge in [-0.15, -0.1) is 0 Å². The fraction of sp³-hybridized carbons (Fsp3) is 0.471. The summed E-state index contributed by atoms with van der Waals surface area (Å²) in [6, 6.07) is 7.72. The Bertz CT molecular complexity index is 689. The molecule has 1 aromatic heterocycles. The van der Waals surface area contributed by atoms with Gasteiger partial charge in [0.1, 0.15) is 5.82 Å². The number of halogens is 1. The molecule has 128 valence electrons. The molecule has 1 unspecified atom stereocenters. The Labute approximate surface area is 150 Å². The van der Waals surface area contributed by atoms with Crippen molar-refractivity contribution in [3.05, 3.63) is 40.7 Å². The van der Waals surface area contributed by atoms with E-state index < -0.39 is 0 Å². The van der Waals surface area contributed by atoms with Gasteiger partial charge < -0.3 is 9.64 Å². The van der Waals surface area contributed by atoms with Crippen LogP contribution in [0.25, 0.3) is 0 Å². The third-order valence-corrected chi connectivity index (χ3v) is 5.11. The van der Waals surface area contributed by atoms with Crippen molar-refractivity contribution < 1.29 is 9.53 Å². The topological polar surface area (TPSA) is 55.3 Å². The first-order valence-corrected chi connectivity index (χ1v) is 9.29. The van der Waals surface area contributed by atoms with Crippen molar-refractivity contribution in [2.75, 3.05) is 24.6 Å². The van der Waals surface area contributed by atoms with Crippen LogP contribution in [0.4, 0.5) is 5.13 Å². The van der Waals surface area contributed by atoms with E-state index in [1.54, 1.807) is 0 Å². The molecule has 2 heterocycles. The summed E-state index contributed by atoms with van der Waals surface area (Å²) >= 11 is 7.30. The molecule has 1 saturated heterocycles. The molecule has 0 bridgehead atoms. The van der Waals surface area contributed by atoms with Gasteiger partial charge in [0.05, 0.1) is 12.5 Å². The van der Waals surface area contributed by atoms with E-state index in [4.69, 9.17) is 16.3 Å². The third-order valence-electron chi connectivity index (χ3n) is 4.04. The van der Waals surface area contributed by atoms with Crippen LogP contribution < -0.4 is 4.90 Å². The Morgan fingerprint density at radius 1 is 1.42 bits per heavy atom. The summed E-state index contributed by atoms with van der Waals surface area (Å²) in [5.41, 5.74) is 1.13. The Morgan fingerprint density at radius 3 is 2.96 bits per heavy atom. The molecule has 1 aromatic carbocycles. The fourth-order valence-electron chi connectivity index (χ4n) is 2.83. The van der Waals surface area contributed by atoms with Crippen molar-refractivity contribution in [3.8, 4) is 0 Å². The molecular formula is C17H20ClN3O2S. The normalized spacial score (nSPS) is 17.8. The number of benzene rings is 1. The second-order valence-electron chi connectivity index (χ2n) is 5.83. The summed E-state index contributed by atoms with van der Waals surface area (Å²) < 4.78 is 9.61. The maximum absolute atomic E-state index is 12.0. The summed E-state index contributed by atoms with van der Waals surface area (Å²) in [5, 5.41) is 1.61. The van der Waals surface area contributed by atoms with E-state index in [9.17, 15) is 4.79 Å². The lowest BCUT2D eigenvalue weighted by atomic mass is 9.99. The molecule has 1 fully saturated rings. The predicted octanol–water partition coefficient (Wildman–Crippen LogP) is 3.56. The summed E-state index contributed by atoms with van der Waals surface area (Å²) in [4.78, 5) is 18.7. The van der Waals surface area contributed by atoms with Gasteiger partial charge in [-0.3, -0.25) is 4.79 Å². The number of rotatable bonds is 5. The monoisotopic (exact) mass is 365 g/mol. The van der Waals surface area contributed by atoms with Crippen LogP contribution in [0.15, 0.2) is 24.3 Å². The van der Waals surface area contributed by atoms with E-state index in [1.807, 2.05) is 31.2 Å². The number of piperidine rings is 1. The third kappa shape index (κ3) is 4.24. The van der Waals surface area contributed by atoms with Crippen LogP contribution in [0.3, 0.4) is 0 Å². The minimum atomic E-state index is -0.104. The second-order valence-corrected chi connectivity index (χ2v) is 7.00. The molecule has 3 rings (SSSR count). The Balaban J connectivity index is 1.64. The number of ether oxygens (including phenoxy) is 1. The van der Waals surface area contributed by atoms with Crippen molar-refractivity contribution in [2.45, 2.75) is 26.2 Å². The molecule has 1 aliphatic heterocycles. The number of hydrogen-bond donors (Lipinski definition) is 0. The van der Waals surface area contributed by atoms with Gasteiger partial charge in [-0.1, -0.05) is 23.7 Å². The largest absolute Gasteiger partial charge is 0.466 e. The molecule has 0 saturated carbocycles. The number of carbonyl (C=O) groups excluding carboxylic acids is 1. The van der Waals surface area contributed by atoms with Crippen LogP contribution >= 0.6 is 23.1 Å². The summed E-state index contributed by atoms with van der Waals surface area (Å²) in [5.74, 6) is 0.631. The van der Waals surface area contributed by atoms with E-state index in [-0.39, 0.29) is 11.9 Å². The lowest BCUT2D eigenvalue weighted by Crippen LogP contribution is -2.39. The van der Waals surface area contributed by atoms with Crippen LogP contribution in [0.1, 0.15) is 31.2 Å². The molecular weight excluding hydrogens is 346 g/mol. The zero-order valence-electron chi connectivity index (χ0n) is 13.6. The molecule has 0 amide bonds. The molecule has 2 aromatic rings. The highest BCUT2D eigenvalue weighted by Crippen LogP contribution is 2.26. The molecule has 1 atom stereocenters. The maximum Gasteiger partial charge on any atom is 0.310 e. The molecule has 7 heteroatoms. The van der Waals surface area contributed by atoms with Crippen LogP contribution in [-0.2, 0) is 16.0 Å². The van der Waals surface area contributed by atoms with Crippen LogP contribution in [0.2, 0.25) is 5.02 Å². The molecule has 0 N–H and O–H groups in total. The molecule has 5 nitrogen and oxygen atoms in total. The Morgan fingerprint density at radius 2 is 2.21 bits per heavy atom. The van der Waals surface area contributed by atoms with E-state index in [2.05, 4.69) is 14.3 Å². The first-order chi connectivity index (χ1) is 11.7. The highest BCUT2D eigenvalue weighted by Gasteiger charge is 2.28. The van der Waals surface area contributed by atoms with Gasteiger partial charge in [0, 0.05) is 36.1 Å². The number of esters is 1. The number of carbonyl (C=O) groups is 1. The minimum Gasteiger partial charge on any atom is -0.466 e. The van der Waals surface area contributed by atoms with Crippen LogP contribution in [-0.4, -0.2) is 35.0 Å². The van der Waals surface area contributed by atoms with Gasteiger partial charge in [-0.25, -0.2) is 4.98 Å². The highest BCUT2D eigenvalue weighted by atomic mass is 35.5. The fourth-order valence-corrected chi connectivity index (χ4v) is 3.68. The SMILES string of the molecule is CCOC(=O)C1CCCN(c2nc(Cc3ccc(Cl)cc3)ns2)C1. The summed E-state index contributed by atoms with van der Waals surface area (Å²) in [6.07, 6.45) is 2.53. The molecule has 1 aliphatic rings.